The van der Waals surface area contributed by atoms with E-state index in [9.17, 15) is 4.79 Å². The maximum atomic E-state index is 10.8. The van der Waals surface area contributed by atoms with E-state index in [0.29, 0.717) is 11.3 Å². The van der Waals surface area contributed by atoms with Crippen LogP contribution in [0.5, 0.6) is 0 Å². The molecular formula is C10H9N3O2. The van der Waals surface area contributed by atoms with Crippen molar-refractivity contribution in [2.75, 3.05) is 0 Å². The van der Waals surface area contributed by atoms with E-state index < -0.39 is 11.9 Å². The number of aromatic amines is 1. The Bertz CT molecular complexity index is 485. The molecule has 0 saturated carbocycles. The van der Waals surface area contributed by atoms with Crippen LogP contribution >= 0.6 is 0 Å². The summed E-state index contributed by atoms with van der Waals surface area (Å²) in [6.07, 6.45) is 0.861. The Morgan fingerprint density at radius 1 is 1.53 bits per heavy atom. The van der Waals surface area contributed by atoms with Crippen LogP contribution in [0.2, 0.25) is 0 Å². The zero-order valence-corrected chi connectivity index (χ0v) is 7.77. The van der Waals surface area contributed by atoms with Gasteiger partial charge >= 0.3 is 5.97 Å². The fourth-order valence-corrected chi connectivity index (χ4v) is 1.39. The third-order valence-electron chi connectivity index (χ3n) is 2.13. The normalized spacial score (nSPS) is 12.5. The third-order valence-corrected chi connectivity index (χ3v) is 2.13. The molecule has 5 nitrogen and oxygen atoms in total. The number of hydrogen-bond donors (Lipinski definition) is 3. The molecule has 0 aliphatic carbocycles. The zero-order valence-electron chi connectivity index (χ0n) is 7.77. The van der Waals surface area contributed by atoms with Crippen LogP contribution in [-0.4, -0.2) is 27.3 Å². The molecule has 0 bridgehead atoms. The number of imidazole rings is 1. The largest absolute Gasteiger partial charge is 0.480 e. The first-order valence-electron chi connectivity index (χ1n) is 4.40. The summed E-state index contributed by atoms with van der Waals surface area (Å²) < 4.78 is 0. The van der Waals surface area contributed by atoms with E-state index in [2.05, 4.69) is 9.97 Å². The molecule has 1 heterocycles. The number of aliphatic carboxylic acids is 1. The second kappa shape index (κ2) is 3.53. The first-order chi connectivity index (χ1) is 7.22. The Hall–Kier alpha value is -2.17. The van der Waals surface area contributed by atoms with Gasteiger partial charge in [0.05, 0.1) is 11.0 Å². The van der Waals surface area contributed by atoms with Gasteiger partial charge in [0, 0.05) is 6.21 Å². The second-order valence-corrected chi connectivity index (χ2v) is 3.12. The topological polar surface area (TPSA) is 89.8 Å². The Balaban J connectivity index is 2.52. The van der Waals surface area contributed by atoms with E-state index in [4.69, 9.17) is 10.5 Å². The molecule has 0 saturated heterocycles. The highest BCUT2D eigenvalue weighted by molar-refractivity contribution is 5.93. The second-order valence-electron chi connectivity index (χ2n) is 3.12. The van der Waals surface area contributed by atoms with Gasteiger partial charge in [0.1, 0.15) is 11.7 Å². The summed E-state index contributed by atoms with van der Waals surface area (Å²) in [5.41, 5.74) is 1.49. The fourth-order valence-electron chi connectivity index (χ4n) is 1.39. The lowest BCUT2D eigenvalue weighted by molar-refractivity contribution is -0.137. The SMILES string of the molecule is N=CC(C(=O)O)c1nc2ccccc2[nH]1. The van der Waals surface area contributed by atoms with E-state index in [0.717, 1.165) is 11.7 Å². The zero-order chi connectivity index (χ0) is 10.8. The number of H-pyrrole nitrogens is 1. The molecule has 2 rings (SSSR count). The monoisotopic (exact) mass is 203 g/mol. The number of carbonyl (C=O) groups is 1. The van der Waals surface area contributed by atoms with Crippen molar-refractivity contribution < 1.29 is 9.90 Å². The molecule has 1 aromatic carbocycles. The molecular weight excluding hydrogens is 194 g/mol. The Morgan fingerprint density at radius 3 is 2.87 bits per heavy atom. The van der Waals surface area contributed by atoms with Gasteiger partial charge in [-0.15, -0.1) is 0 Å². The minimum absolute atomic E-state index is 0.290. The van der Waals surface area contributed by atoms with Crippen molar-refractivity contribution in [2.45, 2.75) is 5.92 Å². The summed E-state index contributed by atoms with van der Waals surface area (Å²) >= 11 is 0. The summed E-state index contributed by atoms with van der Waals surface area (Å²) in [7, 11) is 0. The van der Waals surface area contributed by atoms with E-state index in [1.807, 2.05) is 18.2 Å². The van der Waals surface area contributed by atoms with Gasteiger partial charge in [0.15, 0.2) is 0 Å². The van der Waals surface area contributed by atoms with Crippen molar-refractivity contribution in [3.63, 3.8) is 0 Å². The van der Waals surface area contributed by atoms with E-state index in [1.165, 1.54) is 0 Å². The van der Waals surface area contributed by atoms with Crippen molar-refractivity contribution in [1.82, 2.24) is 9.97 Å². The summed E-state index contributed by atoms with van der Waals surface area (Å²) in [5, 5.41) is 15.9. The van der Waals surface area contributed by atoms with Gasteiger partial charge in [0.25, 0.3) is 0 Å². The molecule has 2 aromatic rings. The molecule has 0 aliphatic rings. The van der Waals surface area contributed by atoms with Crippen LogP contribution in [0, 0.1) is 5.41 Å². The quantitative estimate of drug-likeness (QED) is 0.658. The van der Waals surface area contributed by atoms with Crippen molar-refractivity contribution in [1.29, 1.82) is 5.41 Å². The maximum Gasteiger partial charge on any atom is 0.319 e. The molecule has 0 aliphatic heterocycles. The number of nitrogens with one attached hydrogen (secondary N) is 2. The molecule has 0 fully saturated rings. The first-order valence-corrected chi connectivity index (χ1v) is 4.40. The van der Waals surface area contributed by atoms with Gasteiger partial charge < -0.3 is 15.5 Å². The number of hydrogen-bond acceptors (Lipinski definition) is 3. The fraction of sp³-hybridized carbons (Fsp3) is 0.100. The number of para-hydroxylation sites is 2. The molecule has 76 valence electrons. The average molecular weight is 203 g/mol. The van der Waals surface area contributed by atoms with E-state index in [1.54, 1.807) is 6.07 Å². The summed E-state index contributed by atoms with van der Waals surface area (Å²) in [6, 6.07) is 7.27. The van der Waals surface area contributed by atoms with Gasteiger partial charge in [-0.2, -0.15) is 0 Å². The van der Waals surface area contributed by atoms with Gasteiger partial charge in [-0.3, -0.25) is 4.79 Å². The number of fused-ring (bicyclic) bond motifs is 1. The summed E-state index contributed by atoms with van der Waals surface area (Å²) in [5.74, 6) is -1.79. The van der Waals surface area contributed by atoms with Crippen molar-refractivity contribution in [2.24, 2.45) is 0 Å². The average Bonchev–Trinajstić information content (AvgIpc) is 2.61. The number of carboxylic acids is 1. The molecule has 0 radical (unpaired) electrons. The summed E-state index contributed by atoms with van der Waals surface area (Å²) in [4.78, 5) is 17.8. The molecule has 1 unspecified atom stereocenters. The van der Waals surface area contributed by atoms with Crippen molar-refractivity contribution >= 4 is 23.2 Å². The molecule has 0 amide bonds. The molecule has 1 aromatic heterocycles. The lowest BCUT2D eigenvalue weighted by Gasteiger charge is -2.00. The van der Waals surface area contributed by atoms with Crippen LogP contribution < -0.4 is 0 Å². The highest BCUT2D eigenvalue weighted by atomic mass is 16.4. The van der Waals surface area contributed by atoms with Crippen LogP contribution in [0.4, 0.5) is 0 Å². The van der Waals surface area contributed by atoms with E-state index >= 15 is 0 Å². The molecule has 1 atom stereocenters. The standard InChI is InChI=1S/C10H9N3O2/c11-5-6(10(14)15)9-12-7-3-1-2-4-8(7)13-9/h1-6,11H,(H,12,13)(H,14,15). The third kappa shape index (κ3) is 1.59. The maximum absolute atomic E-state index is 10.8. The van der Waals surface area contributed by atoms with Gasteiger partial charge in [0.2, 0.25) is 0 Å². The number of aromatic nitrogens is 2. The predicted octanol–water partition coefficient (Wildman–Crippen LogP) is 1.38. The first kappa shape index (κ1) is 9.39. The number of benzene rings is 1. The van der Waals surface area contributed by atoms with Crippen LogP contribution in [0.25, 0.3) is 11.0 Å². The number of nitrogens with zero attached hydrogens (tertiary/aromatic N) is 1. The van der Waals surface area contributed by atoms with Crippen molar-refractivity contribution in [3.05, 3.63) is 30.1 Å². The predicted molar refractivity (Wildman–Crippen MR) is 55.3 cm³/mol. The van der Waals surface area contributed by atoms with Crippen LogP contribution in [0.15, 0.2) is 24.3 Å². The molecule has 3 N–H and O–H groups in total. The van der Waals surface area contributed by atoms with Crippen LogP contribution in [0.3, 0.4) is 0 Å². The Labute approximate surface area is 85.3 Å². The van der Waals surface area contributed by atoms with Crippen LogP contribution in [0.1, 0.15) is 11.7 Å². The van der Waals surface area contributed by atoms with Gasteiger partial charge in [-0.05, 0) is 12.1 Å². The van der Waals surface area contributed by atoms with Gasteiger partial charge in [-0.25, -0.2) is 4.98 Å². The highest BCUT2D eigenvalue weighted by Gasteiger charge is 2.20. The smallest absolute Gasteiger partial charge is 0.319 e. The number of carboxylic acid groups (broad SMARTS) is 1. The number of rotatable bonds is 3. The van der Waals surface area contributed by atoms with E-state index in [-0.39, 0.29) is 0 Å². The lowest BCUT2D eigenvalue weighted by atomic mass is 10.1. The molecule has 5 heteroatoms. The summed E-state index contributed by atoms with van der Waals surface area (Å²) in [6.45, 7) is 0. The van der Waals surface area contributed by atoms with Crippen molar-refractivity contribution in [3.8, 4) is 0 Å². The lowest BCUT2D eigenvalue weighted by Crippen LogP contribution is -2.13. The molecule has 15 heavy (non-hydrogen) atoms. The molecule has 0 spiro atoms. The Morgan fingerprint density at radius 2 is 2.27 bits per heavy atom. The van der Waals surface area contributed by atoms with Crippen LogP contribution in [-0.2, 0) is 4.79 Å². The highest BCUT2D eigenvalue weighted by Crippen LogP contribution is 2.16. The minimum Gasteiger partial charge on any atom is -0.480 e. The Kier molecular flexibility index (Phi) is 2.21. The van der Waals surface area contributed by atoms with Gasteiger partial charge in [-0.1, -0.05) is 12.1 Å². The minimum atomic E-state index is -1.08.